The molecule has 0 spiro atoms. The molecule has 8 heteroatoms. The molecule has 1 aliphatic rings. The van der Waals surface area contributed by atoms with Gasteiger partial charge in [-0.25, -0.2) is 9.37 Å². The van der Waals surface area contributed by atoms with Crippen LogP contribution in [0.1, 0.15) is 20.7 Å². The van der Waals surface area contributed by atoms with E-state index < -0.39 is 11.7 Å². The number of nitrogens with one attached hydrogen (secondary N) is 1. The van der Waals surface area contributed by atoms with E-state index in [2.05, 4.69) is 15.2 Å². The van der Waals surface area contributed by atoms with Crippen molar-refractivity contribution in [2.24, 2.45) is 0 Å². The summed E-state index contributed by atoms with van der Waals surface area (Å²) < 4.78 is 13.8. The van der Waals surface area contributed by atoms with Crippen LogP contribution in [0.3, 0.4) is 0 Å². The molecule has 0 atom stereocenters. The zero-order chi connectivity index (χ0) is 23.4. The van der Waals surface area contributed by atoms with E-state index in [-0.39, 0.29) is 11.5 Å². The highest BCUT2D eigenvalue weighted by molar-refractivity contribution is 6.04. The number of anilines is 3. The molecular weight excluding hydrogens is 421 g/mol. The van der Waals surface area contributed by atoms with Crippen molar-refractivity contribution >= 4 is 29.0 Å². The molecule has 1 aliphatic heterocycles. The lowest BCUT2D eigenvalue weighted by Gasteiger charge is -2.35. The maximum absolute atomic E-state index is 13.8. The lowest BCUT2D eigenvalue weighted by Crippen LogP contribution is -2.49. The standard InChI is InChI=1S/C25H26FN5O2/c1-29(2)20-7-5-6-18(16-20)25(33)31-14-12-30(13-15-31)23-11-10-19(17-27-23)28-24(32)21-8-3-4-9-22(21)26/h3-11,16-17H,12-15H2,1-2H3,(H,28,32). The molecule has 0 radical (unpaired) electrons. The fraction of sp³-hybridized carbons (Fsp3) is 0.240. The molecule has 170 valence electrons. The number of nitrogens with zero attached hydrogens (tertiary/aromatic N) is 4. The van der Waals surface area contributed by atoms with Crippen molar-refractivity contribution in [3.63, 3.8) is 0 Å². The second kappa shape index (κ2) is 9.68. The van der Waals surface area contributed by atoms with Gasteiger partial charge in [-0.15, -0.1) is 0 Å². The molecule has 0 aliphatic carbocycles. The number of benzene rings is 2. The van der Waals surface area contributed by atoms with Gasteiger partial charge in [-0.05, 0) is 42.5 Å². The van der Waals surface area contributed by atoms with Crippen LogP contribution in [0.15, 0.2) is 66.9 Å². The molecular formula is C25H26FN5O2. The quantitative estimate of drug-likeness (QED) is 0.648. The van der Waals surface area contributed by atoms with E-state index in [1.54, 1.807) is 18.3 Å². The van der Waals surface area contributed by atoms with Crippen LogP contribution in [-0.2, 0) is 0 Å². The van der Waals surface area contributed by atoms with E-state index in [0.717, 1.165) is 11.5 Å². The first-order chi connectivity index (χ1) is 15.9. The van der Waals surface area contributed by atoms with Gasteiger partial charge in [-0.2, -0.15) is 0 Å². The van der Waals surface area contributed by atoms with Crippen molar-refractivity contribution in [1.82, 2.24) is 9.88 Å². The Bertz CT molecular complexity index is 1140. The highest BCUT2D eigenvalue weighted by atomic mass is 19.1. The van der Waals surface area contributed by atoms with Gasteiger partial charge in [-0.3, -0.25) is 9.59 Å². The molecule has 1 N–H and O–H groups in total. The van der Waals surface area contributed by atoms with Gasteiger partial charge in [0.1, 0.15) is 11.6 Å². The van der Waals surface area contributed by atoms with E-state index in [4.69, 9.17) is 0 Å². The lowest BCUT2D eigenvalue weighted by atomic mass is 10.1. The number of carbonyl (C=O) groups excluding carboxylic acids is 2. The smallest absolute Gasteiger partial charge is 0.258 e. The normalized spacial score (nSPS) is 13.5. The first-order valence-electron chi connectivity index (χ1n) is 10.8. The van der Waals surface area contributed by atoms with Crippen molar-refractivity contribution in [1.29, 1.82) is 0 Å². The minimum absolute atomic E-state index is 0.0153. The van der Waals surface area contributed by atoms with Gasteiger partial charge < -0.3 is 20.0 Å². The van der Waals surface area contributed by atoms with Gasteiger partial charge in [0.15, 0.2) is 0 Å². The molecule has 2 heterocycles. The molecule has 1 fully saturated rings. The zero-order valence-corrected chi connectivity index (χ0v) is 18.7. The Hall–Kier alpha value is -3.94. The molecule has 1 aromatic heterocycles. The van der Waals surface area contributed by atoms with E-state index in [1.165, 1.54) is 18.2 Å². The molecule has 2 amide bonds. The summed E-state index contributed by atoms with van der Waals surface area (Å²) in [5.74, 6) is -0.299. The van der Waals surface area contributed by atoms with E-state index in [0.29, 0.717) is 37.4 Å². The number of aromatic nitrogens is 1. The first kappa shape index (κ1) is 22.3. The van der Waals surface area contributed by atoms with Crippen LogP contribution in [0.2, 0.25) is 0 Å². The maximum Gasteiger partial charge on any atom is 0.258 e. The highest BCUT2D eigenvalue weighted by Gasteiger charge is 2.23. The number of rotatable bonds is 5. The van der Waals surface area contributed by atoms with Crippen LogP contribution < -0.4 is 15.1 Å². The Morgan fingerprint density at radius 2 is 1.73 bits per heavy atom. The van der Waals surface area contributed by atoms with Crippen LogP contribution in [0, 0.1) is 5.82 Å². The summed E-state index contributed by atoms with van der Waals surface area (Å²) in [7, 11) is 3.90. The van der Waals surface area contributed by atoms with Crippen molar-refractivity contribution in [2.75, 3.05) is 55.4 Å². The zero-order valence-electron chi connectivity index (χ0n) is 18.7. The van der Waals surface area contributed by atoms with Crippen molar-refractivity contribution in [2.45, 2.75) is 0 Å². The monoisotopic (exact) mass is 447 g/mol. The third-order valence-corrected chi connectivity index (χ3v) is 5.62. The molecule has 0 bridgehead atoms. The largest absolute Gasteiger partial charge is 0.378 e. The predicted octanol–water partition coefficient (Wildman–Crippen LogP) is 3.50. The van der Waals surface area contributed by atoms with Crippen LogP contribution in [-0.4, -0.2) is 62.0 Å². The fourth-order valence-corrected chi connectivity index (χ4v) is 3.73. The van der Waals surface area contributed by atoms with Crippen molar-refractivity contribution < 1.29 is 14.0 Å². The molecule has 1 saturated heterocycles. The summed E-state index contributed by atoms with van der Waals surface area (Å²) in [6.07, 6.45) is 1.55. The number of hydrogen-bond donors (Lipinski definition) is 1. The van der Waals surface area contributed by atoms with Gasteiger partial charge in [0.2, 0.25) is 0 Å². The summed E-state index contributed by atoms with van der Waals surface area (Å²) in [4.78, 5) is 35.5. The Morgan fingerprint density at radius 1 is 0.970 bits per heavy atom. The number of hydrogen-bond acceptors (Lipinski definition) is 5. The number of pyridine rings is 1. The van der Waals surface area contributed by atoms with Gasteiger partial charge in [0.25, 0.3) is 11.8 Å². The third-order valence-electron chi connectivity index (χ3n) is 5.62. The molecule has 33 heavy (non-hydrogen) atoms. The SMILES string of the molecule is CN(C)c1cccc(C(=O)N2CCN(c3ccc(NC(=O)c4ccccc4F)cn3)CC2)c1. The molecule has 0 saturated carbocycles. The fourth-order valence-electron chi connectivity index (χ4n) is 3.73. The van der Waals surface area contributed by atoms with E-state index >= 15 is 0 Å². The maximum atomic E-state index is 13.8. The molecule has 7 nitrogen and oxygen atoms in total. The summed E-state index contributed by atoms with van der Waals surface area (Å²) in [6.45, 7) is 2.51. The van der Waals surface area contributed by atoms with Crippen molar-refractivity contribution in [3.8, 4) is 0 Å². The Balaban J connectivity index is 1.34. The molecule has 3 aromatic rings. The second-order valence-electron chi connectivity index (χ2n) is 8.06. The average molecular weight is 448 g/mol. The number of piperazine rings is 1. The third kappa shape index (κ3) is 5.11. The van der Waals surface area contributed by atoms with Gasteiger partial charge in [-0.1, -0.05) is 18.2 Å². The van der Waals surface area contributed by atoms with Crippen LogP contribution in [0.25, 0.3) is 0 Å². The predicted molar refractivity (Wildman–Crippen MR) is 127 cm³/mol. The van der Waals surface area contributed by atoms with E-state index in [9.17, 15) is 14.0 Å². The van der Waals surface area contributed by atoms with Gasteiger partial charge in [0.05, 0.1) is 17.4 Å². The highest BCUT2D eigenvalue weighted by Crippen LogP contribution is 2.20. The number of amides is 2. The van der Waals surface area contributed by atoms with Crippen LogP contribution in [0.5, 0.6) is 0 Å². The summed E-state index contributed by atoms with van der Waals surface area (Å²) in [5, 5.41) is 2.67. The number of carbonyl (C=O) groups is 2. The number of halogens is 1. The first-order valence-corrected chi connectivity index (χ1v) is 10.8. The Labute approximate surface area is 192 Å². The van der Waals surface area contributed by atoms with Crippen LogP contribution in [0.4, 0.5) is 21.6 Å². The summed E-state index contributed by atoms with van der Waals surface area (Å²) >= 11 is 0. The van der Waals surface area contributed by atoms with Crippen LogP contribution >= 0.6 is 0 Å². The van der Waals surface area contributed by atoms with Gasteiger partial charge in [0, 0.05) is 51.5 Å². The topological polar surface area (TPSA) is 68.8 Å². The Morgan fingerprint density at radius 3 is 2.39 bits per heavy atom. The minimum atomic E-state index is -0.569. The van der Waals surface area contributed by atoms with Crippen molar-refractivity contribution in [3.05, 3.63) is 83.8 Å². The molecule has 0 unspecified atom stereocenters. The van der Waals surface area contributed by atoms with Gasteiger partial charge >= 0.3 is 0 Å². The second-order valence-corrected chi connectivity index (χ2v) is 8.06. The average Bonchev–Trinajstić information content (AvgIpc) is 2.84. The molecule has 4 rings (SSSR count). The lowest BCUT2D eigenvalue weighted by molar-refractivity contribution is 0.0746. The van der Waals surface area contributed by atoms with E-state index in [1.807, 2.05) is 54.2 Å². The molecule has 2 aromatic carbocycles. The minimum Gasteiger partial charge on any atom is -0.378 e. The summed E-state index contributed by atoms with van der Waals surface area (Å²) in [6, 6.07) is 17.0. The Kier molecular flexibility index (Phi) is 6.53. The summed E-state index contributed by atoms with van der Waals surface area (Å²) in [5.41, 5.74) is 2.15.